The van der Waals surface area contributed by atoms with E-state index in [1.165, 1.54) is 0 Å². The monoisotopic (exact) mass is 342 g/mol. The molecule has 2 aromatic rings. The average molecular weight is 342 g/mol. The molecule has 1 saturated carbocycles. The molecule has 2 fully saturated rings. The highest BCUT2D eigenvalue weighted by molar-refractivity contribution is 6.08. The number of likely N-dealkylation sites (tertiary alicyclic amines) is 1. The minimum atomic E-state index is -0.295. The number of benzene rings is 1. The highest BCUT2D eigenvalue weighted by atomic mass is 16.5. The first-order chi connectivity index (χ1) is 12.1. The molecule has 2 heterocycles. The average Bonchev–Trinajstić information content (AvgIpc) is 2.97. The molecule has 1 aliphatic heterocycles. The molecule has 5 nitrogen and oxygen atoms in total. The molecule has 1 amide bonds. The first-order valence-corrected chi connectivity index (χ1v) is 9.23. The third-order valence-corrected chi connectivity index (χ3v) is 6.20. The molecule has 25 heavy (non-hydrogen) atoms. The van der Waals surface area contributed by atoms with Gasteiger partial charge in [-0.15, -0.1) is 0 Å². The van der Waals surface area contributed by atoms with Gasteiger partial charge in [0.2, 0.25) is 0 Å². The van der Waals surface area contributed by atoms with Crippen LogP contribution in [0.25, 0.3) is 10.9 Å². The number of aliphatic hydroxyl groups excluding tert-OH is 1. The summed E-state index contributed by atoms with van der Waals surface area (Å²) in [6.45, 7) is 5.99. The molecule has 134 valence electrons. The smallest absolute Gasteiger partial charge is 0.256 e. The number of aromatic amines is 1. The molecule has 1 aliphatic carbocycles. The number of amides is 1. The lowest BCUT2D eigenvalue weighted by Crippen LogP contribution is -2.62. The van der Waals surface area contributed by atoms with Crippen LogP contribution in [0.15, 0.2) is 24.3 Å². The third kappa shape index (κ3) is 2.49. The van der Waals surface area contributed by atoms with Gasteiger partial charge in [-0.25, -0.2) is 0 Å². The van der Waals surface area contributed by atoms with E-state index < -0.39 is 0 Å². The van der Waals surface area contributed by atoms with Crippen LogP contribution in [0.5, 0.6) is 0 Å². The Kier molecular flexibility index (Phi) is 4.08. The number of aliphatic hydroxyl groups is 1. The maximum absolute atomic E-state index is 13.1. The van der Waals surface area contributed by atoms with Crippen LogP contribution in [0.4, 0.5) is 0 Å². The van der Waals surface area contributed by atoms with E-state index in [0.29, 0.717) is 19.7 Å². The Morgan fingerprint density at radius 1 is 1.36 bits per heavy atom. The number of H-pyrrole nitrogens is 1. The molecule has 1 saturated heterocycles. The van der Waals surface area contributed by atoms with Crippen molar-refractivity contribution in [2.24, 2.45) is 5.41 Å². The quantitative estimate of drug-likeness (QED) is 0.901. The van der Waals surface area contributed by atoms with E-state index in [-0.39, 0.29) is 23.5 Å². The van der Waals surface area contributed by atoms with E-state index in [0.717, 1.165) is 41.4 Å². The highest BCUT2D eigenvalue weighted by Crippen LogP contribution is 2.51. The summed E-state index contributed by atoms with van der Waals surface area (Å²) in [5.74, 6) is 0.0894. The van der Waals surface area contributed by atoms with Crippen molar-refractivity contribution >= 4 is 16.8 Å². The van der Waals surface area contributed by atoms with Gasteiger partial charge in [0.1, 0.15) is 0 Å². The minimum Gasteiger partial charge on any atom is -0.392 e. The number of piperidine rings is 1. The molecule has 4 rings (SSSR count). The Balaban J connectivity index is 1.53. The lowest BCUT2D eigenvalue weighted by molar-refractivity contribution is -0.207. The number of hydrogen-bond donors (Lipinski definition) is 2. The predicted octanol–water partition coefficient (Wildman–Crippen LogP) is 2.87. The lowest BCUT2D eigenvalue weighted by Gasteiger charge is -2.56. The second kappa shape index (κ2) is 6.15. The molecular weight excluding hydrogens is 316 g/mol. The van der Waals surface area contributed by atoms with Gasteiger partial charge in [-0.3, -0.25) is 4.79 Å². The molecule has 2 aliphatic rings. The summed E-state index contributed by atoms with van der Waals surface area (Å²) >= 11 is 0. The standard InChI is InChI=1S/C20H26N2O3/c1-3-25-17-12-16(23)20(17)8-10-22(11-9-20)19(24)18-13(2)21-15-7-5-4-6-14(15)18/h4-7,16-17,21,23H,3,8-12H2,1-2H3/t16-,17-/m0/s1. The number of hydrogen-bond acceptors (Lipinski definition) is 3. The van der Waals surface area contributed by atoms with Crippen molar-refractivity contribution in [3.05, 3.63) is 35.5 Å². The van der Waals surface area contributed by atoms with Gasteiger partial charge in [0, 0.05) is 48.1 Å². The van der Waals surface area contributed by atoms with Gasteiger partial charge < -0.3 is 19.7 Å². The van der Waals surface area contributed by atoms with Gasteiger partial charge in [0.05, 0.1) is 17.8 Å². The number of aromatic nitrogens is 1. The fourth-order valence-corrected chi connectivity index (χ4v) is 4.65. The molecule has 5 heteroatoms. The minimum absolute atomic E-state index is 0.0894. The van der Waals surface area contributed by atoms with Crippen molar-refractivity contribution < 1.29 is 14.6 Å². The number of carbonyl (C=O) groups is 1. The molecule has 0 bridgehead atoms. The van der Waals surface area contributed by atoms with Gasteiger partial charge in [-0.1, -0.05) is 18.2 Å². The molecular formula is C20H26N2O3. The Morgan fingerprint density at radius 2 is 2.08 bits per heavy atom. The number of nitrogens with zero attached hydrogens (tertiary/aromatic N) is 1. The van der Waals surface area contributed by atoms with Crippen LogP contribution in [0, 0.1) is 12.3 Å². The van der Waals surface area contributed by atoms with Crippen molar-refractivity contribution in [3.8, 4) is 0 Å². The van der Waals surface area contributed by atoms with Crippen LogP contribution in [-0.4, -0.2) is 52.8 Å². The van der Waals surface area contributed by atoms with Gasteiger partial charge >= 0.3 is 0 Å². The number of aryl methyl sites for hydroxylation is 1. The fraction of sp³-hybridized carbons (Fsp3) is 0.550. The van der Waals surface area contributed by atoms with Gasteiger partial charge in [0.25, 0.3) is 5.91 Å². The summed E-state index contributed by atoms with van der Waals surface area (Å²) in [4.78, 5) is 18.4. The van der Waals surface area contributed by atoms with Crippen LogP contribution >= 0.6 is 0 Å². The first kappa shape index (κ1) is 16.6. The van der Waals surface area contributed by atoms with E-state index in [4.69, 9.17) is 4.74 Å². The Hall–Kier alpha value is -1.85. The second-order valence-corrected chi connectivity index (χ2v) is 7.39. The van der Waals surface area contributed by atoms with Crippen molar-refractivity contribution in [2.45, 2.75) is 45.3 Å². The lowest BCUT2D eigenvalue weighted by atomic mass is 9.58. The Bertz CT molecular complexity index is 787. The summed E-state index contributed by atoms with van der Waals surface area (Å²) in [6, 6.07) is 7.94. The van der Waals surface area contributed by atoms with Crippen LogP contribution < -0.4 is 0 Å². The van der Waals surface area contributed by atoms with Gasteiger partial charge in [-0.2, -0.15) is 0 Å². The number of rotatable bonds is 3. The molecule has 0 unspecified atom stereocenters. The van der Waals surface area contributed by atoms with Gasteiger partial charge in [-0.05, 0) is 32.8 Å². The first-order valence-electron chi connectivity index (χ1n) is 9.23. The van der Waals surface area contributed by atoms with Crippen molar-refractivity contribution in [2.75, 3.05) is 19.7 Å². The van der Waals surface area contributed by atoms with Crippen molar-refractivity contribution in [3.63, 3.8) is 0 Å². The topological polar surface area (TPSA) is 65.6 Å². The zero-order chi connectivity index (χ0) is 17.6. The normalized spacial score (nSPS) is 25.3. The largest absolute Gasteiger partial charge is 0.392 e. The highest BCUT2D eigenvalue weighted by Gasteiger charge is 2.56. The summed E-state index contributed by atoms with van der Waals surface area (Å²) < 4.78 is 5.82. The summed E-state index contributed by atoms with van der Waals surface area (Å²) in [7, 11) is 0. The zero-order valence-corrected chi connectivity index (χ0v) is 14.9. The van der Waals surface area contributed by atoms with Gasteiger partial charge in [0.15, 0.2) is 0 Å². The second-order valence-electron chi connectivity index (χ2n) is 7.39. The summed E-state index contributed by atoms with van der Waals surface area (Å²) in [5, 5.41) is 11.3. The zero-order valence-electron chi connectivity index (χ0n) is 14.9. The number of fused-ring (bicyclic) bond motifs is 1. The van der Waals surface area contributed by atoms with E-state index in [9.17, 15) is 9.90 Å². The SMILES string of the molecule is CCO[C@H]1C[C@H](O)C12CCN(C(=O)c1c(C)[nH]c3ccccc13)CC2. The molecule has 2 N–H and O–H groups in total. The maximum atomic E-state index is 13.1. The van der Waals surface area contributed by atoms with E-state index in [1.54, 1.807) is 0 Å². The summed E-state index contributed by atoms with van der Waals surface area (Å²) in [5.41, 5.74) is 2.55. The molecule has 1 aromatic carbocycles. The predicted molar refractivity (Wildman–Crippen MR) is 96.6 cm³/mol. The number of nitrogens with one attached hydrogen (secondary N) is 1. The molecule has 1 aromatic heterocycles. The van der Waals surface area contributed by atoms with Crippen LogP contribution in [-0.2, 0) is 4.74 Å². The Labute approximate surface area is 148 Å². The van der Waals surface area contributed by atoms with Crippen LogP contribution in [0.3, 0.4) is 0 Å². The van der Waals surface area contributed by atoms with E-state index in [2.05, 4.69) is 4.98 Å². The van der Waals surface area contributed by atoms with E-state index >= 15 is 0 Å². The summed E-state index contributed by atoms with van der Waals surface area (Å²) in [6.07, 6.45) is 2.19. The number of ether oxygens (including phenoxy) is 1. The fourth-order valence-electron chi connectivity index (χ4n) is 4.65. The van der Waals surface area contributed by atoms with Crippen molar-refractivity contribution in [1.82, 2.24) is 9.88 Å². The molecule has 1 spiro atoms. The van der Waals surface area contributed by atoms with E-state index in [1.807, 2.05) is 43.0 Å². The van der Waals surface area contributed by atoms with Crippen molar-refractivity contribution in [1.29, 1.82) is 0 Å². The third-order valence-electron chi connectivity index (χ3n) is 6.20. The molecule has 2 atom stereocenters. The maximum Gasteiger partial charge on any atom is 0.256 e. The van der Waals surface area contributed by atoms with Crippen LogP contribution in [0.1, 0.15) is 42.2 Å². The van der Waals surface area contributed by atoms with Crippen LogP contribution in [0.2, 0.25) is 0 Å². The Morgan fingerprint density at radius 3 is 2.76 bits per heavy atom. The number of carbonyl (C=O) groups excluding carboxylic acids is 1. The number of para-hydroxylation sites is 1. The molecule has 0 radical (unpaired) electrons.